The first-order valence-corrected chi connectivity index (χ1v) is 16.4. The van der Waals surface area contributed by atoms with Gasteiger partial charge in [-0.1, -0.05) is 61.0 Å². The fourth-order valence-electron chi connectivity index (χ4n) is 4.59. The van der Waals surface area contributed by atoms with Crippen molar-refractivity contribution < 1.29 is 22.7 Å². The predicted molar refractivity (Wildman–Crippen MR) is 168 cm³/mol. The Labute approximate surface area is 254 Å². The van der Waals surface area contributed by atoms with Crippen molar-refractivity contribution in [3.63, 3.8) is 0 Å². The van der Waals surface area contributed by atoms with Crippen molar-refractivity contribution in [2.24, 2.45) is 0 Å². The lowest BCUT2D eigenvalue weighted by Gasteiger charge is -2.32. The Morgan fingerprint density at radius 1 is 0.929 bits per heavy atom. The molecule has 0 aliphatic carbocycles. The van der Waals surface area contributed by atoms with Crippen molar-refractivity contribution in [1.29, 1.82) is 0 Å². The largest absolute Gasteiger partial charge is 0.494 e. The molecule has 3 aromatic carbocycles. The molecule has 0 aromatic heterocycles. The Balaban J connectivity index is 1.84. The topological polar surface area (TPSA) is 96.0 Å². The summed E-state index contributed by atoms with van der Waals surface area (Å²) in [5.74, 6) is 0.182. The number of sulfonamides is 1. The number of carbonyl (C=O) groups excluding carboxylic acids is 2. The van der Waals surface area contributed by atoms with Gasteiger partial charge < -0.3 is 15.0 Å². The van der Waals surface area contributed by atoms with Gasteiger partial charge in [-0.3, -0.25) is 13.9 Å². The summed E-state index contributed by atoms with van der Waals surface area (Å²) in [4.78, 5) is 28.9. The molecule has 3 aromatic rings. The molecule has 0 heterocycles. The smallest absolute Gasteiger partial charge is 0.243 e. The number of nitrogens with zero attached hydrogens (tertiary/aromatic N) is 2. The molecular weight excluding hydrogens is 574 g/mol. The number of amides is 2. The molecule has 0 saturated heterocycles. The minimum absolute atomic E-state index is 0.0585. The van der Waals surface area contributed by atoms with Crippen LogP contribution in [0.2, 0.25) is 5.02 Å². The lowest BCUT2D eigenvalue weighted by Crippen LogP contribution is -2.50. The molecule has 8 nitrogen and oxygen atoms in total. The third-order valence-electron chi connectivity index (χ3n) is 6.67. The van der Waals surface area contributed by atoms with Gasteiger partial charge in [0, 0.05) is 37.5 Å². The van der Waals surface area contributed by atoms with Gasteiger partial charge >= 0.3 is 0 Å². The fourth-order valence-corrected chi connectivity index (χ4v) is 5.68. The van der Waals surface area contributed by atoms with Crippen LogP contribution in [0.3, 0.4) is 0 Å². The molecule has 1 N–H and O–H groups in total. The first-order chi connectivity index (χ1) is 20.1. The number of hydrogen-bond acceptors (Lipinski definition) is 5. The van der Waals surface area contributed by atoms with Crippen LogP contribution >= 0.6 is 11.6 Å². The molecule has 0 saturated carbocycles. The van der Waals surface area contributed by atoms with Crippen molar-refractivity contribution in [1.82, 2.24) is 10.2 Å². The zero-order valence-corrected chi connectivity index (χ0v) is 26.0. The van der Waals surface area contributed by atoms with E-state index < -0.39 is 16.1 Å². The van der Waals surface area contributed by atoms with E-state index in [9.17, 15) is 18.0 Å². The van der Waals surface area contributed by atoms with Crippen LogP contribution in [0, 0.1) is 0 Å². The van der Waals surface area contributed by atoms with Gasteiger partial charge in [0.2, 0.25) is 21.8 Å². The second-order valence-corrected chi connectivity index (χ2v) is 12.4. The van der Waals surface area contributed by atoms with Gasteiger partial charge in [0.15, 0.2) is 0 Å². The molecule has 2 amide bonds. The molecule has 3 rings (SSSR count). The molecular formula is C32H40ClN3O5S. The van der Waals surface area contributed by atoms with E-state index in [2.05, 4.69) is 5.32 Å². The van der Waals surface area contributed by atoms with E-state index in [1.54, 1.807) is 41.3 Å². The average Bonchev–Trinajstić information content (AvgIpc) is 2.97. The third-order valence-corrected chi connectivity index (χ3v) is 8.12. The van der Waals surface area contributed by atoms with Gasteiger partial charge in [-0.05, 0) is 67.3 Å². The Morgan fingerprint density at radius 3 is 2.19 bits per heavy atom. The van der Waals surface area contributed by atoms with E-state index in [4.69, 9.17) is 16.3 Å². The SMILES string of the molecule is CCCNC(=O)C(Cc1ccccc1)N(Cc1ccc(Cl)cc1)C(=O)CCCN(c1ccc(OCC)cc1)S(C)(=O)=O. The lowest BCUT2D eigenvalue weighted by atomic mass is 10.0. The van der Waals surface area contributed by atoms with Gasteiger partial charge in [0.05, 0.1) is 18.6 Å². The fraction of sp³-hybridized carbons (Fsp3) is 0.375. The molecule has 0 aliphatic heterocycles. The monoisotopic (exact) mass is 613 g/mol. The Kier molecular flexibility index (Phi) is 12.7. The molecule has 1 unspecified atom stereocenters. The number of rotatable bonds is 16. The van der Waals surface area contributed by atoms with Crippen molar-refractivity contribution in [2.75, 3.05) is 30.3 Å². The second kappa shape index (κ2) is 16.2. The quantitative estimate of drug-likeness (QED) is 0.232. The van der Waals surface area contributed by atoms with Crippen molar-refractivity contribution in [3.05, 3.63) is 95.0 Å². The van der Waals surface area contributed by atoms with Crippen molar-refractivity contribution in [2.45, 2.75) is 52.1 Å². The molecule has 0 spiro atoms. The molecule has 42 heavy (non-hydrogen) atoms. The zero-order valence-electron chi connectivity index (χ0n) is 24.5. The van der Waals surface area contributed by atoms with Crippen LogP contribution in [-0.2, 0) is 32.6 Å². The highest BCUT2D eigenvalue weighted by Crippen LogP contribution is 2.23. The summed E-state index contributed by atoms with van der Waals surface area (Å²) in [6.45, 7) is 5.17. The van der Waals surface area contributed by atoms with Gasteiger partial charge in [-0.15, -0.1) is 0 Å². The molecule has 226 valence electrons. The van der Waals surface area contributed by atoms with Crippen LogP contribution in [0.25, 0.3) is 0 Å². The van der Waals surface area contributed by atoms with Crippen molar-refractivity contribution >= 4 is 39.1 Å². The van der Waals surface area contributed by atoms with E-state index in [-0.39, 0.29) is 37.7 Å². The maximum absolute atomic E-state index is 13.8. The highest BCUT2D eigenvalue weighted by atomic mass is 35.5. The molecule has 0 fully saturated rings. The number of halogens is 1. The Hall–Kier alpha value is -3.56. The van der Waals surface area contributed by atoms with E-state index in [0.717, 1.165) is 23.8 Å². The number of nitrogens with one attached hydrogen (secondary N) is 1. The molecule has 1 atom stereocenters. The normalized spacial score (nSPS) is 11.9. The minimum Gasteiger partial charge on any atom is -0.494 e. The van der Waals surface area contributed by atoms with Crippen LogP contribution in [0.15, 0.2) is 78.9 Å². The lowest BCUT2D eigenvalue weighted by molar-refractivity contribution is -0.141. The molecule has 10 heteroatoms. The van der Waals surface area contributed by atoms with E-state index in [0.29, 0.717) is 36.0 Å². The predicted octanol–water partition coefficient (Wildman–Crippen LogP) is 5.45. The van der Waals surface area contributed by atoms with Crippen LogP contribution in [0.5, 0.6) is 5.75 Å². The van der Waals surface area contributed by atoms with E-state index in [1.165, 1.54) is 4.31 Å². The minimum atomic E-state index is -3.60. The first kappa shape index (κ1) is 32.9. The second-order valence-electron chi connectivity index (χ2n) is 10.0. The number of benzene rings is 3. The van der Waals surface area contributed by atoms with Crippen LogP contribution in [-0.4, -0.2) is 57.1 Å². The molecule has 0 aliphatic rings. The molecule has 0 bridgehead atoms. The number of hydrogen-bond donors (Lipinski definition) is 1. The van der Waals surface area contributed by atoms with Gasteiger partial charge in [0.1, 0.15) is 11.8 Å². The zero-order chi connectivity index (χ0) is 30.5. The Bertz CT molecular complexity index is 1380. The van der Waals surface area contributed by atoms with Gasteiger partial charge in [-0.25, -0.2) is 8.42 Å². The first-order valence-electron chi connectivity index (χ1n) is 14.2. The number of ether oxygens (including phenoxy) is 1. The number of anilines is 1. The van der Waals surface area contributed by atoms with E-state index in [1.807, 2.05) is 56.3 Å². The average molecular weight is 614 g/mol. The Morgan fingerprint density at radius 2 is 1.60 bits per heavy atom. The summed E-state index contributed by atoms with van der Waals surface area (Å²) in [7, 11) is -3.60. The summed E-state index contributed by atoms with van der Waals surface area (Å²) in [5, 5.41) is 3.54. The van der Waals surface area contributed by atoms with Gasteiger partial charge in [-0.2, -0.15) is 0 Å². The number of carbonyl (C=O) groups is 2. The van der Waals surface area contributed by atoms with Crippen LogP contribution in [0.4, 0.5) is 5.69 Å². The van der Waals surface area contributed by atoms with Crippen molar-refractivity contribution in [3.8, 4) is 5.75 Å². The van der Waals surface area contributed by atoms with Crippen LogP contribution < -0.4 is 14.4 Å². The summed E-state index contributed by atoms with van der Waals surface area (Å²) in [5.41, 5.74) is 2.26. The highest BCUT2D eigenvalue weighted by molar-refractivity contribution is 7.92. The van der Waals surface area contributed by atoms with E-state index >= 15 is 0 Å². The summed E-state index contributed by atoms with van der Waals surface area (Å²) in [6.07, 6.45) is 2.58. The standard InChI is InChI=1S/C32H40ClN3O5S/c1-4-21-34-32(38)30(23-25-10-7-6-8-11-25)35(24-26-13-15-27(33)16-14-26)31(37)12-9-22-36(42(3,39)40)28-17-19-29(20-18-28)41-5-2/h6-8,10-11,13-20,30H,4-5,9,12,21-24H2,1-3H3,(H,34,38). The maximum Gasteiger partial charge on any atom is 0.243 e. The van der Waals surface area contributed by atoms with Crippen LogP contribution in [0.1, 0.15) is 44.2 Å². The summed E-state index contributed by atoms with van der Waals surface area (Å²) < 4.78 is 32.1. The van der Waals surface area contributed by atoms with Gasteiger partial charge in [0.25, 0.3) is 0 Å². The maximum atomic E-state index is 13.8. The molecule has 0 radical (unpaired) electrons. The summed E-state index contributed by atoms with van der Waals surface area (Å²) in [6, 6.07) is 22.8. The highest BCUT2D eigenvalue weighted by Gasteiger charge is 2.30. The third kappa shape index (κ3) is 10.1. The summed E-state index contributed by atoms with van der Waals surface area (Å²) >= 11 is 6.09.